The predicted octanol–water partition coefficient (Wildman–Crippen LogP) is 4.17. The molecule has 1 heterocycles. The number of halogens is 1. The molecule has 0 aliphatic rings. The number of carbonyl (C=O) groups is 2. The molecule has 6 heteroatoms. The SMILES string of the molecule is Cc1ccc(C(=O)N/C(=C\c2ccco2)C(=O)NCCc2ccccc2F)cc1C. The Balaban J connectivity index is 1.72. The highest BCUT2D eigenvalue weighted by Crippen LogP contribution is 2.12. The van der Waals surface area contributed by atoms with Crippen LogP contribution in [0.5, 0.6) is 0 Å². The molecule has 0 spiro atoms. The van der Waals surface area contributed by atoms with Crippen LogP contribution in [0.1, 0.15) is 32.8 Å². The molecule has 30 heavy (non-hydrogen) atoms. The molecule has 0 unspecified atom stereocenters. The third-order valence-electron chi connectivity index (χ3n) is 4.73. The van der Waals surface area contributed by atoms with Crippen molar-refractivity contribution in [2.45, 2.75) is 20.3 Å². The van der Waals surface area contributed by atoms with E-state index >= 15 is 0 Å². The fourth-order valence-electron chi connectivity index (χ4n) is 2.86. The van der Waals surface area contributed by atoms with Gasteiger partial charge in [0.25, 0.3) is 11.8 Å². The summed E-state index contributed by atoms with van der Waals surface area (Å²) in [4.78, 5) is 25.4. The van der Waals surface area contributed by atoms with Gasteiger partial charge in [0, 0.05) is 18.2 Å². The van der Waals surface area contributed by atoms with Crippen LogP contribution in [0.3, 0.4) is 0 Å². The van der Waals surface area contributed by atoms with Crippen LogP contribution < -0.4 is 10.6 Å². The third-order valence-corrected chi connectivity index (χ3v) is 4.73. The molecule has 2 N–H and O–H groups in total. The van der Waals surface area contributed by atoms with Gasteiger partial charge in [0.1, 0.15) is 17.3 Å². The monoisotopic (exact) mass is 406 g/mol. The Morgan fingerprint density at radius 1 is 1.03 bits per heavy atom. The third kappa shape index (κ3) is 5.44. The lowest BCUT2D eigenvalue weighted by Gasteiger charge is -2.12. The van der Waals surface area contributed by atoms with E-state index in [1.807, 2.05) is 19.9 Å². The van der Waals surface area contributed by atoms with E-state index in [2.05, 4.69) is 10.6 Å². The maximum atomic E-state index is 13.8. The molecule has 0 bridgehead atoms. The summed E-state index contributed by atoms with van der Waals surface area (Å²) in [6, 6.07) is 15.1. The summed E-state index contributed by atoms with van der Waals surface area (Å²) in [6.07, 6.45) is 3.26. The maximum Gasteiger partial charge on any atom is 0.267 e. The molecule has 5 nitrogen and oxygen atoms in total. The predicted molar refractivity (Wildman–Crippen MR) is 113 cm³/mol. The van der Waals surface area contributed by atoms with E-state index in [-0.39, 0.29) is 18.1 Å². The van der Waals surface area contributed by atoms with Gasteiger partial charge in [-0.05, 0) is 67.3 Å². The van der Waals surface area contributed by atoms with Crippen molar-refractivity contribution < 1.29 is 18.4 Å². The number of hydrogen-bond donors (Lipinski definition) is 2. The first-order chi connectivity index (χ1) is 14.4. The van der Waals surface area contributed by atoms with Crippen molar-refractivity contribution in [2.24, 2.45) is 0 Å². The Hall–Kier alpha value is -3.67. The summed E-state index contributed by atoms with van der Waals surface area (Å²) in [6.45, 7) is 4.10. The van der Waals surface area contributed by atoms with E-state index in [4.69, 9.17) is 4.42 Å². The number of amides is 2. The van der Waals surface area contributed by atoms with Gasteiger partial charge in [0.05, 0.1) is 6.26 Å². The van der Waals surface area contributed by atoms with Crippen LogP contribution in [0.4, 0.5) is 4.39 Å². The Morgan fingerprint density at radius 2 is 1.83 bits per heavy atom. The Bertz CT molecular complexity index is 1070. The average molecular weight is 406 g/mol. The van der Waals surface area contributed by atoms with E-state index in [1.165, 1.54) is 18.4 Å². The molecule has 1 aromatic heterocycles. The van der Waals surface area contributed by atoms with Crippen LogP contribution in [0, 0.1) is 19.7 Å². The van der Waals surface area contributed by atoms with Gasteiger partial charge >= 0.3 is 0 Å². The minimum absolute atomic E-state index is 0.0433. The van der Waals surface area contributed by atoms with Gasteiger partial charge in [-0.15, -0.1) is 0 Å². The summed E-state index contributed by atoms with van der Waals surface area (Å²) in [5, 5.41) is 5.37. The zero-order valence-corrected chi connectivity index (χ0v) is 16.9. The zero-order valence-electron chi connectivity index (χ0n) is 16.9. The number of carbonyl (C=O) groups excluding carboxylic acids is 2. The first-order valence-corrected chi connectivity index (χ1v) is 9.59. The van der Waals surface area contributed by atoms with Crippen LogP contribution in [0.2, 0.25) is 0 Å². The second-order valence-electron chi connectivity index (χ2n) is 6.92. The molecular formula is C24H23FN2O3. The lowest BCUT2D eigenvalue weighted by molar-refractivity contribution is -0.117. The van der Waals surface area contributed by atoms with Crippen molar-refractivity contribution >= 4 is 17.9 Å². The molecule has 0 radical (unpaired) electrons. The molecule has 0 saturated heterocycles. The second-order valence-corrected chi connectivity index (χ2v) is 6.92. The highest BCUT2D eigenvalue weighted by molar-refractivity contribution is 6.05. The first kappa shape index (κ1) is 21.0. The summed E-state index contributed by atoms with van der Waals surface area (Å²) in [5.74, 6) is -0.782. The van der Waals surface area contributed by atoms with Crippen LogP contribution >= 0.6 is 0 Å². The molecule has 0 fully saturated rings. The molecule has 3 rings (SSSR count). The quantitative estimate of drug-likeness (QED) is 0.579. The number of nitrogens with one attached hydrogen (secondary N) is 2. The topological polar surface area (TPSA) is 71.3 Å². The van der Waals surface area contributed by atoms with Crippen molar-refractivity contribution in [3.05, 3.63) is 100 Å². The van der Waals surface area contributed by atoms with E-state index in [9.17, 15) is 14.0 Å². The van der Waals surface area contributed by atoms with Crippen molar-refractivity contribution in [3.63, 3.8) is 0 Å². The van der Waals surface area contributed by atoms with Gasteiger partial charge in [-0.2, -0.15) is 0 Å². The van der Waals surface area contributed by atoms with Crippen LogP contribution in [0.15, 0.2) is 71.0 Å². The van der Waals surface area contributed by atoms with E-state index in [0.717, 1.165) is 11.1 Å². The number of aryl methyl sites for hydroxylation is 2. The molecule has 154 valence electrons. The van der Waals surface area contributed by atoms with Gasteiger partial charge in [0.2, 0.25) is 0 Å². The minimum atomic E-state index is -0.486. The van der Waals surface area contributed by atoms with E-state index in [0.29, 0.717) is 23.3 Å². The van der Waals surface area contributed by atoms with Gasteiger partial charge in [-0.3, -0.25) is 9.59 Å². The highest BCUT2D eigenvalue weighted by atomic mass is 19.1. The maximum absolute atomic E-state index is 13.8. The van der Waals surface area contributed by atoms with E-state index in [1.54, 1.807) is 42.5 Å². The van der Waals surface area contributed by atoms with Gasteiger partial charge < -0.3 is 15.1 Å². The van der Waals surface area contributed by atoms with Crippen molar-refractivity contribution in [1.29, 1.82) is 0 Å². The standard InChI is InChI=1S/C24H23FN2O3/c1-16-9-10-19(14-17(16)2)23(28)27-22(15-20-7-5-13-30-20)24(29)26-12-11-18-6-3-4-8-21(18)25/h3-10,13-15H,11-12H2,1-2H3,(H,26,29)(H,27,28)/b22-15-. The highest BCUT2D eigenvalue weighted by Gasteiger charge is 2.16. The lowest BCUT2D eigenvalue weighted by Crippen LogP contribution is -2.35. The molecular weight excluding hydrogens is 383 g/mol. The normalized spacial score (nSPS) is 11.2. The van der Waals surface area contributed by atoms with Crippen molar-refractivity contribution in [1.82, 2.24) is 10.6 Å². The van der Waals surface area contributed by atoms with Gasteiger partial charge in [0.15, 0.2) is 0 Å². The largest absolute Gasteiger partial charge is 0.465 e. The second kappa shape index (κ2) is 9.69. The Labute approximate surface area is 174 Å². The molecule has 0 aliphatic heterocycles. The van der Waals surface area contributed by atoms with Crippen molar-refractivity contribution in [3.8, 4) is 0 Å². The molecule has 0 aliphatic carbocycles. The summed E-state index contributed by atoms with van der Waals surface area (Å²) < 4.78 is 19.0. The Kier molecular flexibility index (Phi) is 6.80. The number of rotatable bonds is 7. The van der Waals surface area contributed by atoms with Crippen molar-refractivity contribution in [2.75, 3.05) is 6.54 Å². The Morgan fingerprint density at radius 3 is 2.53 bits per heavy atom. The van der Waals surface area contributed by atoms with Gasteiger partial charge in [-0.25, -0.2) is 4.39 Å². The van der Waals surface area contributed by atoms with Crippen LogP contribution in [0.25, 0.3) is 6.08 Å². The molecule has 2 amide bonds. The number of furan rings is 1. The number of hydrogen-bond acceptors (Lipinski definition) is 3. The summed E-state index contributed by atoms with van der Waals surface area (Å²) in [5.41, 5.74) is 3.05. The zero-order chi connectivity index (χ0) is 21.5. The molecule has 2 aromatic carbocycles. The number of benzene rings is 2. The summed E-state index contributed by atoms with van der Waals surface area (Å²) in [7, 11) is 0. The molecule has 3 aromatic rings. The van der Waals surface area contributed by atoms with Gasteiger partial charge in [-0.1, -0.05) is 24.3 Å². The first-order valence-electron chi connectivity index (χ1n) is 9.59. The van der Waals surface area contributed by atoms with E-state index < -0.39 is 11.8 Å². The fraction of sp³-hybridized carbons (Fsp3) is 0.167. The van der Waals surface area contributed by atoms with Crippen LogP contribution in [-0.2, 0) is 11.2 Å². The molecule has 0 atom stereocenters. The lowest BCUT2D eigenvalue weighted by atomic mass is 10.1. The fourth-order valence-corrected chi connectivity index (χ4v) is 2.86. The minimum Gasteiger partial charge on any atom is -0.465 e. The average Bonchev–Trinajstić information content (AvgIpc) is 3.24. The smallest absolute Gasteiger partial charge is 0.267 e. The molecule has 0 saturated carbocycles. The summed E-state index contributed by atoms with van der Waals surface area (Å²) >= 11 is 0. The van der Waals surface area contributed by atoms with Crippen LogP contribution in [-0.4, -0.2) is 18.4 Å².